The van der Waals surface area contributed by atoms with Gasteiger partial charge < -0.3 is 4.90 Å². The van der Waals surface area contributed by atoms with Crippen LogP contribution < -0.4 is 0 Å². The summed E-state index contributed by atoms with van der Waals surface area (Å²) in [6.45, 7) is 9.42. The van der Waals surface area contributed by atoms with Crippen LogP contribution in [0.25, 0.3) is 0 Å². The highest BCUT2D eigenvalue weighted by Gasteiger charge is 2.23. The summed E-state index contributed by atoms with van der Waals surface area (Å²) >= 11 is 0. The van der Waals surface area contributed by atoms with Crippen LogP contribution in [0.3, 0.4) is 0 Å². The van der Waals surface area contributed by atoms with Crippen molar-refractivity contribution < 1.29 is 0 Å². The lowest BCUT2D eigenvalue weighted by molar-refractivity contribution is 0.103. The largest absolute Gasteiger partial charge is 0.308 e. The average molecular weight is 289 g/mol. The number of likely N-dealkylation sites (N-methyl/N-ethyl adjacent to an activating group) is 2. The van der Waals surface area contributed by atoms with E-state index in [1.54, 1.807) is 0 Å². The molecule has 21 heavy (non-hydrogen) atoms. The first-order valence-electron chi connectivity index (χ1n) is 8.34. The Bertz CT molecular complexity index is 383. The third-order valence-corrected chi connectivity index (χ3v) is 4.56. The Labute approximate surface area is 130 Å². The van der Waals surface area contributed by atoms with Crippen molar-refractivity contribution in [2.45, 2.75) is 32.4 Å². The average Bonchev–Trinajstić information content (AvgIpc) is 2.50. The van der Waals surface area contributed by atoms with E-state index in [1.165, 1.54) is 44.6 Å². The van der Waals surface area contributed by atoms with Gasteiger partial charge in [-0.2, -0.15) is 0 Å². The first-order chi connectivity index (χ1) is 10.2. The second-order valence-corrected chi connectivity index (χ2v) is 6.42. The molecule has 1 saturated heterocycles. The third-order valence-electron chi connectivity index (χ3n) is 4.56. The Kier molecular flexibility index (Phi) is 6.68. The standard InChI is InChI=1S/C18H31N3/c1-4-21(15-14-19(2)3)18-10-12-20(13-11-18)16-17-8-6-5-7-9-17/h5-9,18H,4,10-16H2,1-3H3. The van der Waals surface area contributed by atoms with Crippen molar-refractivity contribution in [3.05, 3.63) is 35.9 Å². The molecule has 1 aliphatic rings. The molecule has 1 fully saturated rings. The van der Waals surface area contributed by atoms with Crippen molar-refractivity contribution in [3.8, 4) is 0 Å². The van der Waals surface area contributed by atoms with Gasteiger partial charge in [-0.05, 0) is 52.1 Å². The quantitative estimate of drug-likeness (QED) is 0.764. The molecule has 0 saturated carbocycles. The first kappa shape index (κ1) is 16.5. The zero-order valence-electron chi connectivity index (χ0n) is 14.0. The Morgan fingerprint density at radius 3 is 2.29 bits per heavy atom. The van der Waals surface area contributed by atoms with Gasteiger partial charge in [0.15, 0.2) is 0 Å². The van der Waals surface area contributed by atoms with E-state index in [0.29, 0.717) is 0 Å². The number of piperidine rings is 1. The zero-order chi connectivity index (χ0) is 15.1. The van der Waals surface area contributed by atoms with Crippen LogP contribution in [0.5, 0.6) is 0 Å². The fourth-order valence-corrected chi connectivity index (χ4v) is 3.21. The van der Waals surface area contributed by atoms with Gasteiger partial charge in [0, 0.05) is 25.7 Å². The Hall–Kier alpha value is -0.900. The van der Waals surface area contributed by atoms with Gasteiger partial charge in [-0.15, -0.1) is 0 Å². The number of likely N-dealkylation sites (tertiary alicyclic amines) is 1. The normalized spacial score (nSPS) is 17.8. The zero-order valence-corrected chi connectivity index (χ0v) is 14.0. The first-order valence-corrected chi connectivity index (χ1v) is 8.34. The van der Waals surface area contributed by atoms with Gasteiger partial charge in [-0.1, -0.05) is 37.3 Å². The highest BCUT2D eigenvalue weighted by atomic mass is 15.2. The van der Waals surface area contributed by atoms with Crippen molar-refractivity contribution in [2.24, 2.45) is 0 Å². The summed E-state index contributed by atoms with van der Waals surface area (Å²) in [6.07, 6.45) is 2.63. The molecule has 118 valence electrons. The molecule has 1 aromatic carbocycles. The summed E-state index contributed by atoms with van der Waals surface area (Å²) < 4.78 is 0. The summed E-state index contributed by atoms with van der Waals surface area (Å²) in [7, 11) is 4.33. The maximum Gasteiger partial charge on any atom is 0.0233 e. The minimum atomic E-state index is 0.780. The van der Waals surface area contributed by atoms with Crippen molar-refractivity contribution >= 4 is 0 Å². The third kappa shape index (κ3) is 5.42. The van der Waals surface area contributed by atoms with Gasteiger partial charge >= 0.3 is 0 Å². The van der Waals surface area contributed by atoms with E-state index in [1.807, 2.05) is 0 Å². The summed E-state index contributed by atoms with van der Waals surface area (Å²) in [5, 5.41) is 0. The second kappa shape index (κ2) is 8.52. The minimum Gasteiger partial charge on any atom is -0.308 e. The molecule has 0 unspecified atom stereocenters. The molecule has 3 heteroatoms. The smallest absolute Gasteiger partial charge is 0.0233 e. The number of rotatable bonds is 7. The van der Waals surface area contributed by atoms with Gasteiger partial charge in [0.1, 0.15) is 0 Å². The summed E-state index contributed by atoms with van der Waals surface area (Å²) in [5.41, 5.74) is 1.44. The molecule has 0 bridgehead atoms. The van der Waals surface area contributed by atoms with Crippen molar-refractivity contribution in [1.82, 2.24) is 14.7 Å². The Morgan fingerprint density at radius 1 is 1.05 bits per heavy atom. The summed E-state index contributed by atoms with van der Waals surface area (Å²) in [4.78, 5) is 7.55. The lowest BCUT2D eigenvalue weighted by Crippen LogP contribution is -2.46. The molecule has 0 atom stereocenters. The van der Waals surface area contributed by atoms with Crippen LogP contribution in [0.2, 0.25) is 0 Å². The lowest BCUT2D eigenvalue weighted by Gasteiger charge is -2.38. The molecule has 0 radical (unpaired) electrons. The molecular weight excluding hydrogens is 258 g/mol. The van der Waals surface area contributed by atoms with Gasteiger partial charge in [0.2, 0.25) is 0 Å². The lowest BCUT2D eigenvalue weighted by atomic mass is 10.0. The van der Waals surface area contributed by atoms with E-state index in [-0.39, 0.29) is 0 Å². The second-order valence-electron chi connectivity index (χ2n) is 6.42. The van der Waals surface area contributed by atoms with E-state index in [4.69, 9.17) is 0 Å². The molecular formula is C18H31N3. The van der Waals surface area contributed by atoms with Crippen LogP contribution in [0.1, 0.15) is 25.3 Å². The SMILES string of the molecule is CCN(CCN(C)C)C1CCN(Cc2ccccc2)CC1. The molecule has 0 aromatic heterocycles. The fraction of sp³-hybridized carbons (Fsp3) is 0.667. The maximum atomic E-state index is 2.67. The summed E-state index contributed by atoms with van der Waals surface area (Å²) in [6, 6.07) is 11.6. The van der Waals surface area contributed by atoms with Crippen LogP contribution in [0.15, 0.2) is 30.3 Å². The van der Waals surface area contributed by atoms with E-state index in [9.17, 15) is 0 Å². The molecule has 0 spiro atoms. The van der Waals surface area contributed by atoms with Crippen LogP contribution >= 0.6 is 0 Å². The molecule has 3 nitrogen and oxygen atoms in total. The molecule has 0 N–H and O–H groups in total. The highest BCUT2D eigenvalue weighted by Crippen LogP contribution is 2.18. The minimum absolute atomic E-state index is 0.780. The molecule has 1 aliphatic heterocycles. The number of nitrogens with zero attached hydrogens (tertiary/aromatic N) is 3. The predicted molar refractivity (Wildman–Crippen MR) is 90.5 cm³/mol. The van der Waals surface area contributed by atoms with E-state index in [2.05, 4.69) is 66.1 Å². The highest BCUT2D eigenvalue weighted by molar-refractivity contribution is 5.14. The van der Waals surface area contributed by atoms with Gasteiger partial charge in [-0.25, -0.2) is 0 Å². The number of hydrogen-bond acceptors (Lipinski definition) is 3. The van der Waals surface area contributed by atoms with Crippen LogP contribution in [-0.4, -0.2) is 67.6 Å². The molecule has 1 aromatic rings. The van der Waals surface area contributed by atoms with Crippen LogP contribution in [-0.2, 0) is 6.54 Å². The maximum absolute atomic E-state index is 2.67. The van der Waals surface area contributed by atoms with Crippen molar-refractivity contribution in [1.29, 1.82) is 0 Å². The summed E-state index contributed by atoms with van der Waals surface area (Å²) in [5.74, 6) is 0. The van der Waals surface area contributed by atoms with Gasteiger partial charge in [0.25, 0.3) is 0 Å². The van der Waals surface area contributed by atoms with E-state index in [0.717, 1.165) is 19.1 Å². The number of benzene rings is 1. The van der Waals surface area contributed by atoms with E-state index < -0.39 is 0 Å². The topological polar surface area (TPSA) is 9.72 Å². The molecule has 1 heterocycles. The molecule has 2 rings (SSSR count). The van der Waals surface area contributed by atoms with E-state index >= 15 is 0 Å². The van der Waals surface area contributed by atoms with Crippen molar-refractivity contribution in [3.63, 3.8) is 0 Å². The van der Waals surface area contributed by atoms with Crippen LogP contribution in [0, 0.1) is 0 Å². The fourth-order valence-electron chi connectivity index (χ4n) is 3.21. The van der Waals surface area contributed by atoms with Gasteiger partial charge in [-0.3, -0.25) is 9.80 Å². The molecule has 0 aliphatic carbocycles. The van der Waals surface area contributed by atoms with Gasteiger partial charge in [0.05, 0.1) is 0 Å². The predicted octanol–water partition coefficient (Wildman–Crippen LogP) is 2.53. The molecule has 0 amide bonds. The monoisotopic (exact) mass is 289 g/mol. The van der Waals surface area contributed by atoms with Crippen molar-refractivity contribution in [2.75, 3.05) is 46.8 Å². The Balaban J connectivity index is 1.76. The Morgan fingerprint density at radius 2 is 1.71 bits per heavy atom. The van der Waals surface area contributed by atoms with Crippen LogP contribution in [0.4, 0.5) is 0 Å². The number of hydrogen-bond donors (Lipinski definition) is 0.